The van der Waals surface area contributed by atoms with Crippen LogP contribution in [0, 0.1) is 0 Å². The molecule has 3 aromatic rings. The average molecular weight is 482 g/mol. The van der Waals surface area contributed by atoms with E-state index in [9.17, 15) is 9.59 Å². The molecular weight excluding hydrogens is 454 g/mol. The van der Waals surface area contributed by atoms with E-state index in [2.05, 4.69) is 5.32 Å². The Morgan fingerprint density at radius 3 is 2.39 bits per heavy atom. The van der Waals surface area contributed by atoms with Gasteiger partial charge in [-0.1, -0.05) is 60.7 Å². The number of ketones is 1. The summed E-state index contributed by atoms with van der Waals surface area (Å²) < 4.78 is 17.1. The number of Topliss-reactive ketones (excluding diaryl/α,β-unsaturated/α-hetero) is 1. The molecule has 0 bridgehead atoms. The van der Waals surface area contributed by atoms with Gasteiger partial charge < -0.3 is 19.5 Å². The number of dihydropyridines is 1. The molecule has 5 rings (SSSR count). The number of carbonyl (C=O) groups excluding carboxylic acids is 2. The molecule has 0 saturated carbocycles. The summed E-state index contributed by atoms with van der Waals surface area (Å²) in [4.78, 5) is 26.7. The summed E-state index contributed by atoms with van der Waals surface area (Å²) in [5.74, 6) is -0.0696. The number of esters is 1. The van der Waals surface area contributed by atoms with Crippen LogP contribution in [0.2, 0.25) is 0 Å². The van der Waals surface area contributed by atoms with E-state index in [-0.39, 0.29) is 12.4 Å². The maximum absolute atomic E-state index is 13.6. The molecule has 0 saturated heterocycles. The summed E-state index contributed by atoms with van der Waals surface area (Å²) in [5.41, 5.74) is 5.57. The van der Waals surface area contributed by atoms with E-state index < -0.39 is 11.9 Å². The third-order valence-electron chi connectivity index (χ3n) is 6.50. The van der Waals surface area contributed by atoms with Crippen LogP contribution in [0.4, 0.5) is 0 Å². The van der Waals surface area contributed by atoms with Crippen molar-refractivity contribution in [2.75, 3.05) is 13.7 Å². The van der Waals surface area contributed by atoms with Gasteiger partial charge in [0.15, 0.2) is 17.3 Å². The molecule has 0 unspecified atom stereocenters. The number of hydrogen-bond donors (Lipinski definition) is 1. The molecule has 1 N–H and O–H groups in total. The average Bonchev–Trinajstić information content (AvgIpc) is 3.18. The highest BCUT2D eigenvalue weighted by Gasteiger charge is 2.43. The lowest BCUT2D eigenvalue weighted by Crippen LogP contribution is -2.29. The van der Waals surface area contributed by atoms with Gasteiger partial charge in [-0.05, 0) is 37.1 Å². The summed E-state index contributed by atoms with van der Waals surface area (Å²) in [6.45, 7) is 4.23. The van der Waals surface area contributed by atoms with Gasteiger partial charge in [0, 0.05) is 28.3 Å². The maximum atomic E-state index is 13.6. The summed E-state index contributed by atoms with van der Waals surface area (Å²) in [6, 6.07) is 22.9. The van der Waals surface area contributed by atoms with Crippen LogP contribution in [0.1, 0.15) is 46.8 Å². The molecule has 0 radical (unpaired) electrons. The summed E-state index contributed by atoms with van der Waals surface area (Å²) in [5, 5.41) is 3.31. The second-order valence-corrected chi connectivity index (χ2v) is 8.67. The van der Waals surface area contributed by atoms with E-state index in [1.165, 1.54) is 0 Å². The molecule has 1 aliphatic carbocycles. The molecule has 6 nitrogen and oxygen atoms in total. The summed E-state index contributed by atoms with van der Waals surface area (Å²) in [7, 11) is 1.57. The lowest BCUT2D eigenvalue weighted by atomic mass is 9.79. The van der Waals surface area contributed by atoms with Crippen LogP contribution in [-0.2, 0) is 16.1 Å². The van der Waals surface area contributed by atoms with Gasteiger partial charge in [-0.25, -0.2) is 4.79 Å². The fourth-order valence-electron chi connectivity index (χ4n) is 4.86. The van der Waals surface area contributed by atoms with Crippen molar-refractivity contribution in [3.63, 3.8) is 0 Å². The van der Waals surface area contributed by atoms with Crippen molar-refractivity contribution in [2.45, 2.75) is 26.4 Å². The SMILES string of the molecule is CCOC(=O)C1=C(C)NC2=C(C(=O)c3ccccc32)[C@H]1c1ccc(OCc2ccccc2)c(OC)c1. The summed E-state index contributed by atoms with van der Waals surface area (Å²) in [6.07, 6.45) is 0. The largest absolute Gasteiger partial charge is 0.493 e. The highest BCUT2D eigenvalue weighted by molar-refractivity contribution is 6.23. The Balaban J connectivity index is 1.58. The zero-order valence-corrected chi connectivity index (χ0v) is 20.5. The van der Waals surface area contributed by atoms with Crippen molar-refractivity contribution in [1.82, 2.24) is 5.32 Å². The monoisotopic (exact) mass is 481 g/mol. The quantitative estimate of drug-likeness (QED) is 0.455. The van der Waals surface area contributed by atoms with E-state index in [0.717, 1.165) is 22.4 Å². The minimum absolute atomic E-state index is 0.101. The Morgan fingerprint density at radius 1 is 0.944 bits per heavy atom. The Kier molecular flexibility index (Phi) is 6.34. The zero-order valence-electron chi connectivity index (χ0n) is 20.5. The maximum Gasteiger partial charge on any atom is 0.336 e. The van der Waals surface area contributed by atoms with Gasteiger partial charge in [0.25, 0.3) is 0 Å². The zero-order chi connectivity index (χ0) is 25.2. The Bertz CT molecular complexity index is 1400. The van der Waals surface area contributed by atoms with Crippen molar-refractivity contribution < 1.29 is 23.8 Å². The van der Waals surface area contributed by atoms with Crippen LogP contribution in [0.25, 0.3) is 5.70 Å². The first-order valence-electron chi connectivity index (χ1n) is 11.9. The molecule has 182 valence electrons. The summed E-state index contributed by atoms with van der Waals surface area (Å²) >= 11 is 0. The molecule has 1 heterocycles. The van der Waals surface area contributed by atoms with Crippen molar-refractivity contribution in [1.29, 1.82) is 0 Å². The third kappa shape index (κ3) is 4.05. The molecule has 2 aliphatic rings. The molecular formula is C30H27NO5. The van der Waals surface area contributed by atoms with Crippen LogP contribution < -0.4 is 14.8 Å². The molecule has 0 spiro atoms. The number of rotatable bonds is 7. The predicted octanol–water partition coefficient (Wildman–Crippen LogP) is 5.41. The number of ether oxygens (including phenoxy) is 3. The molecule has 3 aromatic carbocycles. The molecule has 0 fully saturated rings. The molecule has 0 amide bonds. The number of allylic oxidation sites excluding steroid dienone is 2. The van der Waals surface area contributed by atoms with Gasteiger partial charge in [0.1, 0.15) is 6.61 Å². The number of hydrogen-bond acceptors (Lipinski definition) is 6. The highest BCUT2D eigenvalue weighted by Crippen LogP contribution is 2.48. The van der Waals surface area contributed by atoms with E-state index in [1.807, 2.05) is 79.7 Å². The van der Waals surface area contributed by atoms with Gasteiger partial charge in [0.2, 0.25) is 0 Å². The topological polar surface area (TPSA) is 73.9 Å². The fourth-order valence-corrected chi connectivity index (χ4v) is 4.86. The van der Waals surface area contributed by atoms with E-state index in [4.69, 9.17) is 14.2 Å². The lowest BCUT2D eigenvalue weighted by molar-refractivity contribution is -0.138. The van der Waals surface area contributed by atoms with Crippen LogP contribution in [0.5, 0.6) is 11.5 Å². The first-order chi connectivity index (χ1) is 17.5. The highest BCUT2D eigenvalue weighted by atomic mass is 16.5. The molecule has 1 atom stereocenters. The van der Waals surface area contributed by atoms with E-state index in [0.29, 0.717) is 40.5 Å². The smallest absolute Gasteiger partial charge is 0.336 e. The molecule has 6 heteroatoms. The molecule has 36 heavy (non-hydrogen) atoms. The van der Waals surface area contributed by atoms with Gasteiger partial charge in [0.05, 0.1) is 25.0 Å². The molecule has 0 aromatic heterocycles. The van der Waals surface area contributed by atoms with E-state index in [1.54, 1.807) is 14.0 Å². The predicted molar refractivity (Wildman–Crippen MR) is 137 cm³/mol. The number of methoxy groups -OCH3 is 1. The Labute approximate surface area is 210 Å². The van der Waals surface area contributed by atoms with Gasteiger partial charge in [-0.2, -0.15) is 0 Å². The number of fused-ring (bicyclic) bond motifs is 2. The second-order valence-electron chi connectivity index (χ2n) is 8.67. The number of nitrogens with one attached hydrogen (secondary N) is 1. The number of benzene rings is 3. The standard InChI is InChI=1S/C30H27NO5/c1-4-35-30(33)25-18(2)31-28-21-12-8-9-13-22(21)29(32)27(28)26(25)20-14-15-23(24(16-20)34-3)36-17-19-10-6-5-7-11-19/h5-16,26,31H,4,17H2,1-3H3/t26-/m0/s1. The van der Waals surface area contributed by atoms with Crippen molar-refractivity contribution in [3.05, 3.63) is 112 Å². The Hall–Kier alpha value is -4.32. The lowest BCUT2D eigenvalue weighted by Gasteiger charge is -2.29. The van der Waals surface area contributed by atoms with Gasteiger partial charge >= 0.3 is 5.97 Å². The minimum atomic E-state index is -0.614. The minimum Gasteiger partial charge on any atom is -0.493 e. The normalized spacial score (nSPS) is 16.3. The van der Waals surface area contributed by atoms with Crippen molar-refractivity contribution >= 4 is 17.4 Å². The second kappa shape index (κ2) is 9.74. The fraction of sp³-hybridized carbons (Fsp3) is 0.200. The van der Waals surface area contributed by atoms with Gasteiger partial charge in [-0.3, -0.25) is 4.79 Å². The van der Waals surface area contributed by atoms with Crippen LogP contribution in [0.15, 0.2) is 89.6 Å². The Morgan fingerprint density at radius 2 is 1.67 bits per heavy atom. The third-order valence-corrected chi connectivity index (χ3v) is 6.50. The van der Waals surface area contributed by atoms with Crippen LogP contribution in [-0.4, -0.2) is 25.5 Å². The van der Waals surface area contributed by atoms with Crippen molar-refractivity contribution in [2.24, 2.45) is 0 Å². The van der Waals surface area contributed by atoms with E-state index >= 15 is 0 Å². The first kappa shape index (κ1) is 23.4. The van der Waals surface area contributed by atoms with Crippen LogP contribution >= 0.6 is 0 Å². The first-order valence-corrected chi connectivity index (χ1v) is 11.9. The number of carbonyl (C=O) groups is 2. The van der Waals surface area contributed by atoms with Crippen molar-refractivity contribution in [3.8, 4) is 11.5 Å². The van der Waals surface area contributed by atoms with Crippen LogP contribution in [0.3, 0.4) is 0 Å². The van der Waals surface area contributed by atoms with Gasteiger partial charge in [-0.15, -0.1) is 0 Å². The molecule has 1 aliphatic heterocycles.